The lowest BCUT2D eigenvalue weighted by molar-refractivity contribution is -0.133. The molecule has 17 heavy (non-hydrogen) atoms. The molecule has 1 aromatic rings. The van der Waals surface area contributed by atoms with Gasteiger partial charge in [0.15, 0.2) is 0 Å². The van der Waals surface area contributed by atoms with Crippen molar-refractivity contribution in [2.75, 3.05) is 6.54 Å². The van der Waals surface area contributed by atoms with Gasteiger partial charge in [0.25, 0.3) is 0 Å². The van der Waals surface area contributed by atoms with Crippen molar-refractivity contribution in [2.24, 2.45) is 0 Å². The molecule has 0 bridgehead atoms. The molecule has 0 heterocycles. The highest BCUT2D eigenvalue weighted by Crippen LogP contribution is 2.21. The predicted molar refractivity (Wildman–Crippen MR) is 75.3 cm³/mol. The fraction of sp³-hybridized carbons (Fsp3) is 0.500. The molecule has 0 atom stereocenters. The Hall–Kier alpha value is -0.830. The number of benzene rings is 1. The van der Waals surface area contributed by atoms with Crippen LogP contribution in [-0.4, -0.2) is 21.7 Å². The van der Waals surface area contributed by atoms with Crippen molar-refractivity contribution in [1.82, 2.24) is 4.90 Å². The number of halogens is 1. The lowest BCUT2D eigenvalue weighted by Crippen LogP contribution is -2.41. The molecule has 0 aliphatic rings. The third-order valence-electron chi connectivity index (χ3n) is 2.80. The summed E-state index contributed by atoms with van der Waals surface area (Å²) in [6, 6.07) is 8.19. The van der Waals surface area contributed by atoms with Gasteiger partial charge in [-0.15, -0.1) is 0 Å². The van der Waals surface area contributed by atoms with E-state index in [0.29, 0.717) is 6.54 Å². The summed E-state index contributed by atoms with van der Waals surface area (Å²) in [6.45, 7) is 9.26. The van der Waals surface area contributed by atoms with E-state index in [4.69, 9.17) is 0 Å². The third-order valence-corrected chi connectivity index (χ3v) is 3.14. The molecule has 0 aliphatic carbocycles. The van der Waals surface area contributed by atoms with Crippen LogP contribution < -0.4 is 0 Å². The van der Waals surface area contributed by atoms with Crippen molar-refractivity contribution < 1.29 is 4.79 Å². The van der Waals surface area contributed by atoms with Crippen LogP contribution in [0.15, 0.2) is 24.3 Å². The summed E-state index contributed by atoms with van der Waals surface area (Å²) in [6.07, 6.45) is 0. The number of nitrogens with zero attached hydrogens (tertiary/aromatic N) is 1. The molecule has 0 aliphatic heterocycles. The Balaban J connectivity index is 2.85. The lowest BCUT2D eigenvalue weighted by atomic mass is 10.1. The van der Waals surface area contributed by atoms with Gasteiger partial charge in [0.2, 0.25) is 5.91 Å². The minimum absolute atomic E-state index is 0.128. The van der Waals surface area contributed by atoms with E-state index in [9.17, 15) is 4.79 Å². The number of amides is 1. The van der Waals surface area contributed by atoms with Crippen LogP contribution in [0.25, 0.3) is 0 Å². The number of carbonyl (C=O) groups excluding carboxylic acids is 1. The zero-order valence-corrected chi connectivity index (χ0v) is 12.5. The summed E-state index contributed by atoms with van der Waals surface area (Å²) in [5.41, 5.74) is 2.44. The summed E-state index contributed by atoms with van der Waals surface area (Å²) >= 11 is 3.43. The van der Waals surface area contributed by atoms with Crippen molar-refractivity contribution in [3.05, 3.63) is 35.4 Å². The van der Waals surface area contributed by atoms with E-state index in [1.807, 2.05) is 37.8 Å². The molecule has 0 saturated carbocycles. The Morgan fingerprint density at radius 3 is 2.41 bits per heavy atom. The molecule has 0 spiro atoms. The highest BCUT2D eigenvalue weighted by molar-refractivity contribution is 9.10. The van der Waals surface area contributed by atoms with Gasteiger partial charge < -0.3 is 4.90 Å². The van der Waals surface area contributed by atoms with E-state index < -0.39 is 4.32 Å². The van der Waals surface area contributed by atoms with Crippen molar-refractivity contribution in [3.63, 3.8) is 0 Å². The molecule has 0 radical (unpaired) electrons. The Kier molecular flexibility index (Phi) is 4.75. The fourth-order valence-corrected chi connectivity index (χ4v) is 1.95. The summed E-state index contributed by atoms with van der Waals surface area (Å²) in [7, 11) is 0. The van der Waals surface area contributed by atoms with Crippen LogP contribution in [0.2, 0.25) is 0 Å². The fourth-order valence-electron chi connectivity index (χ4n) is 1.70. The monoisotopic (exact) mass is 297 g/mol. The number of carbonyl (C=O) groups is 1. The van der Waals surface area contributed by atoms with Gasteiger partial charge in [0.05, 0.1) is 4.32 Å². The molecule has 0 unspecified atom stereocenters. The summed E-state index contributed by atoms with van der Waals surface area (Å²) < 4.78 is -0.494. The quantitative estimate of drug-likeness (QED) is 0.779. The molecular formula is C14H20BrNO. The van der Waals surface area contributed by atoms with Gasteiger partial charge in [0, 0.05) is 13.1 Å². The predicted octanol–water partition coefficient (Wildman–Crippen LogP) is 3.52. The second kappa shape index (κ2) is 5.67. The Bertz CT molecular complexity index is 395. The van der Waals surface area contributed by atoms with E-state index >= 15 is 0 Å². The van der Waals surface area contributed by atoms with Crippen molar-refractivity contribution in [1.29, 1.82) is 0 Å². The maximum atomic E-state index is 12.2. The van der Waals surface area contributed by atoms with Crippen LogP contribution in [0.5, 0.6) is 0 Å². The molecule has 2 nitrogen and oxygen atoms in total. The topological polar surface area (TPSA) is 20.3 Å². The van der Waals surface area contributed by atoms with Crippen LogP contribution in [0.4, 0.5) is 0 Å². The van der Waals surface area contributed by atoms with E-state index in [-0.39, 0.29) is 5.91 Å². The van der Waals surface area contributed by atoms with Gasteiger partial charge in [-0.1, -0.05) is 40.2 Å². The van der Waals surface area contributed by atoms with E-state index in [0.717, 1.165) is 6.54 Å². The average molecular weight is 298 g/mol. The maximum absolute atomic E-state index is 12.2. The highest BCUT2D eigenvalue weighted by atomic mass is 79.9. The molecule has 1 rings (SSSR count). The minimum atomic E-state index is -0.494. The minimum Gasteiger partial charge on any atom is -0.337 e. The SMILES string of the molecule is CCN(Cc1ccccc1C)C(=O)C(C)(C)Br. The summed E-state index contributed by atoms with van der Waals surface area (Å²) in [5, 5.41) is 0. The normalized spacial score (nSPS) is 11.4. The van der Waals surface area contributed by atoms with Gasteiger partial charge >= 0.3 is 0 Å². The smallest absolute Gasteiger partial charge is 0.239 e. The summed E-state index contributed by atoms with van der Waals surface area (Å²) in [5.74, 6) is 0.128. The average Bonchev–Trinajstić information content (AvgIpc) is 2.26. The van der Waals surface area contributed by atoms with E-state index in [2.05, 4.69) is 35.0 Å². The standard InChI is InChI=1S/C14H20BrNO/c1-5-16(13(17)14(3,4)15)10-12-9-7-6-8-11(12)2/h6-9H,5,10H2,1-4H3. The number of hydrogen-bond donors (Lipinski definition) is 0. The van der Waals surface area contributed by atoms with Crippen molar-refractivity contribution in [3.8, 4) is 0 Å². The molecule has 94 valence electrons. The second-order valence-corrected chi connectivity index (χ2v) is 6.70. The highest BCUT2D eigenvalue weighted by Gasteiger charge is 2.28. The van der Waals surface area contributed by atoms with Crippen LogP contribution in [0, 0.1) is 6.92 Å². The number of hydrogen-bond acceptors (Lipinski definition) is 1. The van der Waals surface area contributed by atoms with Crippen molar-refractivity contribution in [2.45, 2.75) is 38.6 Å². The van der Waals surface area contributed by atoms with Gasteiger partial charge in [-0.05, 0) is 38.8 Å². The Labute approximate surface area is 112 Å². The van der Waals surface area contributed by atoms with Crippen LogP contribution in [0.1, 0.15) is 31.9 Å². The Morgan fingerprint density at radius 2 is 1.94 bits per heavy atom. The third kappa shape index (κ3) is 3.84. The molecule has 0 aromatic heterocycles. The molecule has 0 fully saturated rings. The number of alkyl halides is 1. The molecule has 3 heteroatoms. The lowest BCUT2D eigenvalue weighted by Gasteiger charge is -2.28. The zero-order valence-electron chi connectivity index (χ0n) is 11.0. The largest absolute Gasteiger partial charge is 0.337 e. The van der Waals surface area contributed by atoms with Gasteiger partial charge in [0.1, 0.15) is 0 Å². The second-order valence-electron chi connectivity index (χ2n) is 4.72. The van der Waals surface area contributed by atoms with Gasteiger partial charge in [-0.3, -0.25) is 4.79 Å². The molecule has 0 N–H and O–H groups in total. The maximum Gasteiger partial charge on any atom is 0.239 e. The number of rotatable bonds is 4. The van der Waals surface area contributed by atoms with Crippen LogP contribution >= 0.6 is 15.9 Å². The number of aryl methyl sites for hydroxylation is 1. The van der Waals surface area contributed by atoms with Crippen molar-refractivity contribution >= 4 is 21.8 Å². The first kappa shape index (κ1) is 14.2. The van der Waals surface area contributed by atoms with Crippen LogP contribution in [-0.2, 0) is 11.3 Å². The Morgan fingerprint density at radius 1 is 1.35 bits per heavy atom. The molecule has 0 saturated heterocycles. The molecular weight excluding hydrogens is 278 g/mol. The molecule has 1 amide bonds. The van der Waals surface area contributed by atoms with Crippen LogP contribution in [0.3, 0.4) is 0 Å². The van der Waals surface area contributed by atoms with Gasteiger partial charge in [-0.2, -0.15) is 0 Å². The molecule has 1 aromatic carbocycles. The first-order valence-corrected chi connectivity index (χ1v) is 6.68. The first-order chi connectivity index (χ1) is 7.86. The van der Waals surface area contributed by atoms with Gasteiger partial charge in [-0.25, -0.2) is 0 Å². The van der Waals surface area contributed by atoms with E-state index in [1.165, 1.54) is 11.1 Å². The summed E-state index contributed by atoms with van der Waals surface area (Å²) in [4.78, 5) is 14.1. The zero-order chi connectivity index (χ0) is 13.1. The first-order valence-electron chi connectivity index (χ1n) is 5.89. The van der Waals surface area contributed by atoms with E-state index in [1.54, 1.807) is 0 Å².